The van der Waals surface area contributed by atoms with Crippen molar-refractivity contribution in [3.8, 4) is 23.0 Å². The molecule has 0 unspecified atom stereocenters. The van der Waals surface area contributed by atoms with Gasteiger partial charge in [0.05, 0.1) is 14.2 Å². The lowest BCUT2D eigenvalue weighted by Gasteiger charge is -2.10. The Balaban J connectivity index is 1.80. The second kappa shape index (κ2) is 7.80. The molecular formula is C18H17ClN2O3S. The van der Waals surface area contributed by atoms with E-state index in [2.05, 4.69) is 10.2 Å². The number of benzene rings is 2. The van der Waals surface area contributed by atoms with Crippen molar-refractivity contribution in [1.82, 2.24) is 10.2 Å². The number of hydrogen-bond acceptors (Lipinski definition) is 6. The zero-order valence-corrected chi connectivity index (χ0v) is 15.6. The van der Waals surface area contributed by atoms with Crippen molar-refractivity contribution in [3.05, 3.63) is 53.1 Å². The Kier molecular flexibility index (Phi) is 5.50. The highest BCUT2D eigenvalue weighted by atomic mass is 35.5. The Labute approximate surface area is 155 Å². The Morgan fingerprint density at radius 2 is 1.80 bits per heavy atom. The van der Waals surface area contributed by atoms with Crippen LogP contribution in [0.15, 0.2) is 52.1 Å². The van der Waals surface area contributed by atoms with E-state index in [1.54, 1.807) is 26.4 Å². The van der Waals surface area contributed by atoms with E-state index in [-0.39, 0.29) is 5.25 Å². The summed E-state index contributed by atoms with van der Waals surface area (Å²) in [5.41, 5.74) is 1.79. The SMILES string of the molecule is COc1ccc(-c2nnc(S[C@H](C)c3ccccc3Cl)o2)cc1OC. The van der Waals surface area contributed by atoms with E-state index in [4.69, 9.17) is 25.5 Å². The van der Waals surface area contributed by atoms with Crippen molar-refractivity contribution in [3.63, 3.8) is 0 Å². The molecule has 0 fully saturated rings. The molecule has 0 saturated carbocycles. The summed E-state index contributed by atoms with van der Waals surface area (Å²) in [5.74, 6) is 1.68. The second-order valence-electron chi connectivity index (χ2n) is 5.22. The zero-order chi connectivity index (χ0) is 17.8. The van der Waals surface area contributed by atoms with Crippen LogP contribution in [0.3, 0.4) is 0 Å². The number of thioether (sulfide) groups is 1. The molecule has 3 rings (SSSR count). The minimum Gasteiger partial charge on any atom is -0.493 e. The van der Waals surface area contributed by atoms with Crippen molar-refractivity contribution in [2.45, 2.75) is 17.4 Å². The van der Waals surface area contributed by atoms with Gasteiger partial charge in [-0.05, 0) is 36.8 Å². The zero-order valence-electron chi connectivity index (χ0n) is 14.0. The van der Waals surface area contributed by atoms with Gasteiger partial charge in [-0.1, -0.05) is 41.6 Å². The van der Waals surface area contributed by atoms with Crippen LogP contribution in [0.5, 0.6) is 11.5 Å². The first-order valence-electron chi connectivity index (χ1n) is 7.59. The highest BCUT2D eigenvalue weighted by molar-refractivity contribution is 7.99. The van der Waals surface area contributed by atoms with Crippen molar-refractivity contribution >= 4 is 23.4 Å². The molecule has 0 bridgehead atoms. The average molecular weight is 377 g/mol. The summed E-state index contributed by atoms with van der Waals surface area (Å²) >= 11 is 7.71. The number of aromatic nitrogens is 2. The average Bonchev–Trinajstić information content (AvgIpc) is 3.09. The van der Waals surface area contributed by atoms with Gasteiger partial charge in [-0.3, -0.25) is 0 Å². The van der Waals surface area contributed by atoms with Crippen LogP contribution in [0, 0.1) is 0 Å². The lowest BCUT2D eigenvalue weighted by molar-refractivity contribution is 0.355. The molecule has 0 aliphatic rings. The van der Waals surface area contributed by atoms with Crippen LogP contribution in [-0.2, 0) is 0 Å². The Bertz CT molecular complexity index is 869. The summed E-state index contributed by atoms with van der Waals surface area (Å²) < 4.78 is 16.3. The van der Waals surface area contributed by atoms with Gasteiger partial charge in [-0.2, -0.15) is 0 Å². The normalized spacial score (nSPS) is 12.0. The Morgan fingerprint density at radius 3 is 2.52 bits per heavy atom. The molecular weight excluding hydrogens is 360 g/mol. The van der Waals surface area contributed by atoms with E-state index >= 15 is 0 Å². The van der Waals surface area contributed by atoms with E-state index in [0.29, 0.717) is 22.6 Å². The number of ether oxygens (including phenoxy) is 2. The Morgan fingerprint density at radius 1 is 1.04 bits per heavy atom. The van der Waals surface area contributed by atoms with Crippen molar-refractivity contribution in [2.24, 2.45) is 0 Å². The van der Waals surface area contributed by atoms with E-state index in [9.17, 15) is 0 Å². The minimum absolute atomic E-state index is 0.0902. The standard InChI is InChI=1S/C18H17ClN2O3S/c1-11(13-6-4-5-7-14(13)19)25-18-21-20-17(24-18)12-8-9-15(22-2)16(10-12)23-3/h4-11H,1-3H3/t11-/m1/s1. The fourth-order valence-electron chi connectivity index (χ4n) is 2.36. The van der Waals surface area contributed by atoms with Crippen molar-refractivity contribution in [2.75, 3.05) is 14.2 Å². The van der Waals surface area contributed by atoms with Crippen molar-refractivity contribution in [1.29, 1.82) is 0 Å². The molecule has 130 valence electrons. The van der Waals surface area contributed by atoms with Crippen LogP contribution in [0.2, 0.25) is 5.02 Å². The maximum absolute atomic E-state index is 6.24. The van der Waals surface area contributed by atoms with Crippen LogP contribution < -0.4 is 9.47 Å². The van der Waals surface area contributed by atoms with Crippen molar-refractivity contribution < 1.29 is 13.9 Å². The molecule has 0 amide bonds. The highest BCUT2D eigenvalue weighted by Crippen LogP contribution is 2.38. The number of methoxy groups -OCH3 is 2. The smallest absolute Gasteiger partial charge is 0.277 e. The monoisotopic (exact) mass is 376 g/mol. The summed E-state index contributed by atoms with van der Waals surface area (Å²) in [6.45, 7) is 2.05. The fourth-order valence-corrected chi connectivity index (χ4v) is 3.58. The van der Waals surface area contributed by atoms with Crippen LogP contribution in [0.25, 0.3) is 11.5 Å². The highest BCUT2D eigenvalue weighted by Gasteiger charge is 2.17. The van der Waals surface area contributed by atoms with E-state index in [0.717, 1.165) is 16.1 Å². The molecule has 2 aromatic carbocycles. The van der Waals surface area contributed by atoms with Gasteiger partial charge in [0.15, 0.2) is 11.5 Å². The fraction of sp³-hybridized carbons (Fsp3) is 0.222. The van der Waals surface area contributed by atoms with E-state index in [1.165, 1.54) is 11.8 Å². The molecule has 3 aromatic rings. The summed E-state index contributed by atoms with van der Waals surface area (Å²) in [7, 11) is 3.18. The topological polar surface area (TPSA) is 57.4 Å². The van der Waals surface area contributed by atoms with Gasteiger partial charge in [0.25, 0.3) is 5.22 Å². The predicted octanol–water partition coefficient (Wildman–Crippen LogP) is 5.26. The molecule has 1 aromatic heterocycles. The first-order chi connectivity index (χ1) is 12.1. The second-order valence-corrected chi connectivity index (χ2v) is 6.92. The van der Waals surface area contributed by atoms with Crippen LogP contribution >= 0.6 is 23.4 Å². The molecule has 1 heterocycles. The van der Waals surface area contributed by atoms with Gasteiger partial charge in [0.2, 0.25) is 5.89 Å². The largest absolute Gasteiger partial charge is 0.493 e. The molecule has 0 N–H and O–H groups in total. The Hall–Kier alpha value is -2.18. The molecule has 5 nitrogen and oxygen atoms in total. The minimum atomic E-state index is 0.0902. The third kappa shape index (κ3) is 3.91. The quantitative estimate of drug-likeness (QED) is 0.547. The third-order valence-electron chi connectivity index (χ3n) is 3.66. The van der Waals surface area contributed by atoms with Gasteiger partial charge in [0, 0.05) is 15.8 Å². The number of nitrogens with zero attached hydrogens (tertiary/aromatic N) is 2. The number of hydrogen-bond donors (Lipinski definition) is 0. The summed E-state index contributed by atoms with van der Waals surface area (Å²) in [5, 5.41) is 9.53. The van der Waals surface area contributed by atoms with Crippen LogP contribution in [0.4, 0.5) is 0 Å². The maximum Gasteiger partial charge on any atom is 0.277 e. The number of rotatable bonds is 6. The summed E-state index contributed by atoms with van der Waals surface area (Å²) in [6.07, 6.45) is 0. The van der Waals surface area contributed by atoms with Gasteiger partial charge in [-0.15, -0.1) is 10.2 Å². The molecule has 0 aliphatic heterocycles. The third-order valence-corrected chi connectivity index (χ3v) is 4.98. The molecule has 0 radical (unpaired) electrons. The van der Waals surface area contributed by atoms with E-state index in [1.807, 2.05) is 37.3 Å². The molecule has 0 saturated heterocycles. The molecule has 0 spiro atoms. The molecule has 1 atom stereocenters. The first kappa shape index (κ1) is 17.6. The van der Waals surface area contributed by atoms with Gasteiger partial charge in [-0.25, -0.2) is 0 Å². The predicted molar refractivity (Wildman–Crippen MR) is 98.6 cm³/mol. The molecule has 25 heavy (non-hydrogen) atoms. The molecule has 7 heteroatoms. The summed E-state index contributed by atoms with van der Waals surface area (Å²) in [6, 6.07) is 13.2. The van der Waals surface area contributed by atoms with E-state index < -0.39 is 0 Å². The molecule has 0 aliphatic carbocycles. The lowest BCUT2D eigenvalue weighted by atomic mass is 10.2. The summed E-state index contributed by atoms with van der Waals surface area (Å²) in [4.78, 5) is 0. The van der Waals surface area contributed by atoms with Crippen LogP contribution in [0.1, 0.15) is 17.7 Å². The van der Waals surface area contributed by atoms with Gasteiger partial charge < -0.3 is 13.9 Å². The lowest BCUT2D eigenvalue weighted by Crippen LogP contribution is -1.90. The van der Waals surface area contributed by atoms with Gasteiger partial charge >= 0.3 is 0 Å². The maximum atomic E-state index is 6.24. The number of halogens is 1. The first-order valence-corrected chi connectivity index (χ1v) is 8.85. The van der Waals surface area contributed by atoms with Gasteiger partial charge in [0.1, 0.15) is 0 Å². The van der Waals surface area contributed by atoms with Crippen LogP contribution in [-0.4, -0.2) is 24.4 Å².